The van der Waals surface area contributed by atoms with E-state index in [1.165, 1.54) is 12.0 Å². The van der Waals surface area contributed by atoms with Crippen LogP contribution in [0, 0.1) is 13.8 Å². The van der Waals surface area contributed by atoms with Crippen molar-refractivity contribution in [3.05, 3.63) is 75.3 Å². The molecular formula is C22H22ClNO4. The zero-order chi connectivity index (χ0) is 20.4. The number of hydrogen-bond donors (Lipinski definition) is 1. The van der Waals surface area contributed by atoms with Crippen LogP contribution in [0.5, 0.6) is 0 Å². The van der Waals surface area contributed by atoms with Crippen LogP contribution in [0.15, 0.2) is 48.0 Å². The number of carbonyl (C=O) groups is 2. The number of halogens is 1. The SMILES string of the molecule is COCCN1C(=O)C(=O)/C(=C(/O)c2cc(C)ccc2C)C1c1ccc(Cl)cc1. The van der Waals surface area contributed by atoms with E-state index >= 15 is 0 Å². The lowest BCUT2D eigenvalue weighted by Crippen LogP contribution is -2.32. The van der Waals surface area contributed by atoms with E-state index in [-0.39, 0.29) is 24.5 Å². The fourth-order valence-electron chi connectivity index (χ4n) is 3.43. The highest BCUT2D eigenvalue weighted by Gasteiger charge is 2.45. The summed E-state index contributed by atoms with van der Waals surface area (Å²) in [6.45, 7) is 4.27. The first-order chi connectivity index (χ1) is 13.3. The molecule has 3 rings (SSSR count). The summed E-state index contributed by atoms with van der Waals surface area (Å²) in [6.07, 6.45) is 0. The van der Waals surface area contributed by atoms with Crippen LogP contribution in [0.2, 0.25) is 5.02 Å². The average molecular weight is 400 g/mol. The van der Waals surface area contributed by atoms with Crippen LogP contribution in [0.4, 0.5) is 0 Å². The third kappa shape index (κ3) is 3.68. The Labute approximate surface area is 169 Å². The second-order valence-corrected chi connectivity index (χ2v) is 7.29. The highest BCUT2D eigenvalue weighted by Crippen LogP contribution is 2.40. The van der Waals surface area contributed by atoms with Crippen LogP contribution in [-0.2, 0) is 14.3 Å². The van der Waals surface area contributed by atoms with E-state index in [1.807, 2.05) is 32.0 Å². The summed E-state index contributed by atoms with van der Waals surface area (Å²) in [5.74, 6) is -1.52. The van der Waals surface area contributed by atoms with E-state index in [2.05, 4.69) is 0 Å². The summed E-state index contributed by atoms with van der Waals surface area (Å²) in [7, 11) is 1.53. The number of hydrogen-bond acceptors (Lipinski definition) is 4. The van der Waals surface area contributed by atoms with Crippen LogP contribution < -0.4 is 0 Å². The lowest BCUT2D eigenvalue weighted by Gasteiger charge is -2.25. The number of nitrogens with zero attached hydrogens (tertiary/aromatic N) is 1. The summed E-state index contributed by atoms with van der Waals surface area (Å²) in [5.41, 5.74) is 3.09. The lowest BCUT2D eigenvalue weighted by atomic mass is 9.93. The quantitative estimate of drug-likeness (QED) is 0.468. The average Bonchev–Trinajstić information content (AvgIpc) is 2.93. The number of ketones is 1. The summed E-state index contributed by atoms with van der Waals surface area (Å²) in [5, 5.41) is 11.6. The predicted molar refractivity (Wildman–Crippen MR) is 108 cm³/mol. The predicted octanol–water partition coefficient (Wildman–Crippen LogP) is 4.02. The van der Waals surface area contributed by atoms with Gasteiger partial charge in [0, 0.05) is 24.2 Å². The van der Waals surface area contributed by atoms with Crippen molar-refractivity contribution >= 4 is 29.1 Å². The molecule has 0 saturated carbocycles. The van der Waals surface area contributed by atoms with Gasteiger partial charge in [-0.25, -0.2) is 0 Å². The zero-order valence-corrected chi connectivity index (χ0v) is 16.8. The zero-order valence-electron chi connectivity index (χ0n) is 16.0. The highest BCUT2D eigenvalue weighted by molar-refractivity contribution is 6.46. The molecule has 1 unspecified atom stereocenters. The van der Waals surface area contributed by atoms with E-state index in [0.717, 1.165) is 11.1 Å². The van der Waals surface area contributed by atoms with Gasteiger partial charge in [0.1, 0.15) is 5.76 Å². The molecule has 1 N–H and O–H groups in total. The molecule has 1 atom stereocenters. The summed E-state index contributed by atoms with van der Waals surface area (Å²) in [4.78, 5) is 27.0. The Morgan fingerprint density at radius 3 is 2.46 bits per heavy atom. The molecule has 2 aromatic carbocycles. The maximum atomic E-state index is 12.9. The van der Waals surface area contributed by atoms with Crippen molar-refractivity contribution in [3.63, 3.8) is 0 Å². The van der Waals surface area contributed by atoms with E-state index in [0.29, 0.717) is 16.1 Å². The molecule has 0 spiro atoms. The van der Waals surface area contributed by atoms with Crippen molar-refractivity contribution in [2.45, 2.75) is 19.9 Å². The minimum absolute atomic E-state index is 0.0807. The molecule has 1 aliphatic heterocycles. The monoisotopic (exact) mass is 399 g/mol. The first-order valence-electron chi connectivity index (χ1n) is 8.95. The molecule has 0 bridgehead atoms. The Balaban J connectivity index is 2.20. The van der Waals surface area contributed by atoms with Crippen molar-refractivity contribution in [2.24, 2.45) is 0 Å². The van der Waals surface area contributed by atoms with Gasteiger partial charge < -0.3 is 14.7 Å². The van der Waals surface area contributed by atoms with Gasteiger partial charge in [0.05, 0.1) is 18.2 Å². The molecule has 0 aromatic heterocycles. The fourth-order valence-corrected chi connectivity index (χ4v) is 3.55. The third-order valence-electron chi connectivity index (χ3n) is 4.91. The van der Waals surface area contributed by atoms with Crippen molar-refractivity contribution in [3.8, 4) is 0 Å². The molecule has 1 fully saturated rings. The summed E-state index contributed by atoms with van der Waals surface area (Å²) < 4.78 is 5.10. The van der Waals surface area contributed by atoms with Gasteiger partial charge in [-0.05, 0) is 43.2 Å². The molecule has 6 heteroatoms. The van der Waals surface area contributed by atoms with Crippen LogP contribution in [-0.4, -0.2) is 42.0 Å². The normalized spacial score (nSPS) is 18.7. The van der Waals surface area contributed by atoms with E-state index in [1.54, 1.807) is 24.3 Å². The molecule has 2 aromatic rings. The molecule has 1 saturated heterocycles. The molecule has 146 valence electrons. The molecule has 1 aliphatic rings. The second-order valence-electron chi connectivity index (χ2n) is 6.86. The number of rotatable bonds is 5. The number of carbonyl (C=O) groups excluding carboxylic acids is 2. The molecule has 0 aliphatic carbocycles. The molecule has 0 radical (unpaired) electrons. The van der Waals surface area contributed by atoms with Gasteiger partial charge in [0.15, 0.2) is 0 Å². The number of Topliss-reactive ketones (excluding diaryl/α,β-unsaturated/α-hetero) is 1. The number of aryl methyl sites for hydroxylation is 2. The fraction of sp³-hybridized carbons (Fsp3) is 0.273. The van der Waals surface area contributed by atoms with Crippen LogP contribution in [0.25, 0.3) is 5.76 Å². The topological polar surface area (TPSA) is 66.8 Å². The molecule has 28 heavy (non-hydrogen) atoms. The highest BCUT2D eigenvalue weighted by atomic mass is 35.5. The van der Waals surface area contributed by atoms with Crippen LogP contribution in [0.3, 0.4) is 0 Å². The maximum absolute atomic E-state index is 12.9. The minimum Gasteiger partial charge on any atom is -0.507 e. The van der Waals surface area contributed by atoms with Gasteiger partial charge in [-0.2, -0.15) is 0 Å². The Morgan fingerprint density at radius 2 is 1.82 bits per heavy atom. The van der Waals surface area contributed by atoms with Crippen molar-refractivity contribution in [1.29, 1.82) is 0 Å². The molecule has 5 nitrogen and oxygen atoms in total. The van der Waals surface area contributed by atoms with Crippen molar-refractivity contribution < 1.29 is 19.4 Å². The first-order valence-corrected chi connectivity index (χ1v) is 9.33. The number of methoxy groups -OCH3 is 1. The number of benzene rings is 2. The summed E-state index contributed by atoms with van der Waals surface area (Å²) in [6, 6.07) is 11.8. The van der Waals surface area contributed by atoms with Gasteiger partial charge in [-0.3, -0.25) is 9.59 Å². The van der Waals surface area contributed by atoms with Gasteiger partial charge in [-0.15, -0.1) is 0 Å². The lowest BCUT2D eigenvalue weighted by molar-refractivity contribution is -0.140. The molecular weight excluding hydrogens is 378 g/mol. The molecule has 1 heterocycles. The van der Waals surface area contributed by atoms with E-state index in [4.69, 9.17) is 16.3 Å². The van der Waals surface area contributed by atoms with Gasteiger partial charge >= 0.3 is 0 Å². The Kier molecular flexibility index (Phi) is 5.87. The Hall–Kier alpha value is -2.63. The van der Waals surface area contributed by atoms with Crippen molar-refractivity contribution in [2.75, 3.05) is 20.3 Å². The number of ether oxygens (including phenoxy) is 1. The number of likely N-dealkylation sites (tertiary alicyclic amines) is 1. The first kappa shape index (κ1) is 20.1. The van der Waals surface area contributed by atoms with Crippen molar-refractivity contribution in [1.82, 2.24) is 4.90 Å². The minimum atomic E-state index is -0.702. The number of aliphatic hydroxyl groups is 1. The van der Waals surface area contributed by atoms with Gasteiger partial charge in [-0.1, -0.05) is 41.4 Å². The summed E-state index contributed by atoms with van der Waals surface area (Å²) >= 11 is 6.00. The van der Waals surface area contributed by atoms with Crippen LogP contribution >= 0.6 is 11.6 Å². The van der Waals surface area contributed by atoms with Gasteiger partial charge in [0.25, 0.3) is 11.7 Å². The van der Waals surface area contributed by atoms with Gasteiger partial charge in [0.2, 0.25) is 0 Å². The smallest absolute Gasteiger partial charge is 0.295 e. The third-order valence-corrected chi connectivity index (χ3v) is 5.16. The Bertz CT molecular complexity index is 950. The standard InChI is InChI=1S/C22H22ClNO4/c1-13-4-5-14(2)17(12-13)20(25)18-19(15-6-8-16(23)9-7-15)24(10-11-28-3)22(27)21(18)26/h4-9,12,19,25H,10-11H2,1-3H3/b20-18+. The van der Waals surface area contributed by atoms with Crippen LogP contribution in [0.1, 0.15) is 28.3 Å². The largest absolute Gasteiger partial charge is 0.507 e. The molecule has 1 amide bonds. The Morgan fingerprint density at radius 1 is 1.14 bits per heavy atom. The van der Waals surface area contributed by atoms with E-state index < -0.39 is 17.7 Å². The second kappa shape index (κ2) is 8.17. The number of amides is 1. The maximum Gasteiger partial charge on any atom is 0.295 e. The number of aliphatic hydroxyl groups excluding tert-OH is 1. The van der Waals surface area contributed by atoms with E-state index in [9.17, 15) is 14.7 Å².